The van der Waals surface area contributed by atoms with Crippen molar-refractivity contribution in [2.24, 2.45) is 5.73 Å². The molecular formula is C12H20Cl2FN3O. The van der Waals surface area contributed by atoms with Crippen LogP contribution in [0.15, 0.2) is 18.3 Å². The number of unbranched alkanes of at least 4 members (excludes halogenated alkanes) is 3. The summed E-state index contributed by atoms with van der Waals surface area (Å²) in [6, 6.07) is 2.71. The summed E-state index contributed by atoms with van der Waals surface area (Å²) in [6.45, 7) is 0.700. The molecule has 0 saturated heterocycles. The largest absolute Gasteiger partial charge is 0.330 e. The van der Waals surface area contributed by atoms with E-state index in [0.29, 0.717) is 18.8 Å². The van der Waals surface area contributed by atoms with E-state index in [1.165, 1.54) is 12.1 Å². The first-order valence-electron chi connectivity index (χ1n) is 5.84. The van der Waals surface area contributed by atoms with Crippen LogP contribution < -0.4 is 11.1 Å². The number of carbonyl (C=O) groups excluding carboxylic acids is 1. The first kappa shape index (κ1) is 20.4. The fraction of sp³-hybridized carbons (Fsp3) is 0.500. The van der Waals surface area contributed by atoms with Gasteiger partial charge in [0.1, 0.15) is 11.6 Å². The highest BCUT2D eigenvalue weighted by atomic mass is 35.5. The van der Waals surface area contributed by atoms with E-state index in [1.807, 2.05) is 0 Å². The van der Waals surface area contributed by atoms with E-state index < -0.39 is 5.82 Å². The Morgan fingerprint density at radius 3 is 2.47 bits per heavy atom. The molecule has 1 aromatic rings. The standard InChI is InChI=1S/C12H18FN3O.2ClH/c13-10-6-7-11(15-9-10)16-12(17)5-3-1-2-4-8-14;;/h6-7,9H,1-5,8,14H2,(H,15,16,17);2*1H. The summed E-state index contributed by atoms with van der Waals surface area (Å²) in [4.78, 5) is 15.2. The SMILES string of the molecule is Cl.Cl.NCCCCCCC(=O)Nc1ccc(F)cn1. The molecule has 3 N–H and O–H groups in total. The third kappa shape index (κ3) is 9.64. The van der Waals surface area contributed by atoms with Crippen LogP contribution in [0.25, 0.3) is 0 Å². The summed E-state index contributed by atoms with van der Waals surface area (Å²) < 4.78 is 12.6. The quantitative estimate of drug-likeness (QED) is 0.761. The number of nitrogens with one attached hydrogen (secondary N) is 1. The fourth-order valence-electron chi connectivity index (χ4n) is 1.44. The second-order valence-electron chi connectivity index (χ2n) is 3.86. The van der Waals surface area contributed by atoms with Gasteiger partial charge in [-0.25, -0.2) is 9.37 Å². The molecule has 0 aliphatic heterocycles. The van der Waals surface area contributed by atoms with Crippen LogP contribution in [-0.2, 0) is 4.79 Å². The first-order chi connectivity index (χ1) is 8.22. The second-order valence-corrected chi connectivity index (χ2v) is 3.86. The number of aromatic nitrogens is 1. The molecule has 110 valence electrons. The van der Waals surface area contributed by atoms with Gasteiger partial charge in [-0.2, -0.15) is 0 Å². The highest BCUT2D eigenvalue weighted by Gasteiger charge is 2.02. The minimum Gasteiger partial charge on any atom is -0.330 e. The molecule has 7 heteroatoms. The average Bonchev–Trinajstić information content (AvgIpc) is 2.32. The lowest BCUT2D eigenvalue weighted by molar-refractivity contribution is -0.116. The molecule has 0 atom stereocenters. The topological polar surface area (TPSA) is 68.0 Å². The summed E-state index contributed by atoms with van der Waals surface area (Å²) >= 11 is 0. The summed E-state index contributed by atoms with van der Waals surface area (Å²) in [7, 11) is 0. The van der Waals surface area contributed by atoms with Crippen LogP contribution in [0.2, 0.25) is 0 Å². The normalized spacial score (nSPS) is 9.16. The van der Waals surface area contributed by atoms with Gasteiger partial charge in [0.25, 0.3) is 0 Å². The maximum atomic E-state index is 12.6. The number of halogens is 3. The predicted molar refractivity (Wildman–Crippen MR) is 79.5 cm³/mol. The summed E-state index contributed by atoms with van der Waals surface area (Å²) in [5.41, 5.74) is 5.37. The van der Waals surface area contributed by atoms with E-state index in [0.717, 1.165) is 31.9 Å². The number of carbonyl (C=O) groups is 1. The lowest BCUT2D eigenvalue weighted by Gasteiger charge is -2.03. The highest BCUT2D eigenvalue weighted by Crippen LogP contribution is 2.06. The van der Waals surface area contributed by atoms with Gasteiger partial charge < -0.3 is 11.1 Å². The van der Waals surface area contributed by atoms with Crippen LogP contribution in [0.3, 0.4) is 0 Å². The maximum absolute atomic E-state index is 12.6. The first-order valence-corrected chi connectivity index (χ1v) is 5.84. The number of rotatable bonds is 7. The fourth-order valence-corrected chi connectivity index (χ4v) is 1.44. The van der Waals surface area contributed by atoms with E-state index in [2.05, 4.69) is 10.3 Å². The van der Waals surface area contributed by atoms with Gasteiger partial charge in [0.05, 0.1) is 6.20 Å². The Morgan fingerprint density at radius 2 is 1.89 bits per heavy atom. The number of hydrogen-bond acceptors (Lipinski definition) is 3. The van der Waals surface area contributed by atoms with Gasteiger partial charge in [-0.3, -0.25) is 4.79 Å². The van der Waals surface area contributed by atoms with E-state index in [1.54, 1.807) is 0 Å². The Morgan fingerprint density at radius 1 is 1.21 bits per heavy atom. The summed E-state index contributed by atoms with van der Waals surface area (Å²) in [5.74, 6) is -0.111. The number of nitrogens with zero attached hydrogens (tertiary/aromatic N) is 1. The predicted octanol–water partition coefficient (Wildman–Crippen LogP) is 2.91. The van der Waals surface area contributed by atoms with E-state index in [4.69, 9.17) is 5.73 Å². The number of anilines is 1. The zero-order chi connectivity index (χ0) is 12.5. The number of nitrogens with two attached hydrogens (primary N) is 1. The van der Waals surface area contributed by atoms with Crippen molar-refractivity contribution >= 4 is 36.5 Å². The molecule has 1 amide bonds. The lowest BCUT2D eigenvalue weighted by Crippen LogP contribution is -2.12. The molecule has 0 aromatic carbocycles. The van der Waals surface area contributed by atoms with Crippen molar-refractivity contribution in [2.75, 3.05) is 11.9 Å². The Labute approximate surface area is 125 Å². The van der Waals surface area contributed by atoms with Crippen LogP contribution in [0, 0.1) is 5.82 Å². The summed E-state index contributed by atoms with van der Waals surface area (Å²) in [6.07, 6.45) is 5.44. The Bertz CT molecular complexity index is 349. The zero-order valence-electron chi connectivity index (χ0n) is 10.6. The van der Waals surface area contributed by atoms with Gasteiger partial charge >= 0.3 is 0 Å². The Balaban J connectivity index is 0. The van der Waals surface area contributed by atoms with Crippen LogP contribution in [0.1, 0.15) is 32.1 Å². The van der Waals surface area contributed by atoms with Crippen molar-refractivity contribution < 1.29 is 9.18 Å². The van der Waals surface area contributed by atoms with Crippen LogP contribution in [-0.4, -0.2) is 17.4 Å². The molecule has 19 heavy (non-hydrogen) atoms. The molecule has 0 fully saturated rings. The number of amides is 1. The molecular weight excluding hydrogens is 292 g/mol. The lowest BCUT2D eigenvalue weighted by atomic mass is 10.1. The summed E-state index contributed by atoms with van der Waals surface area (Å²) in [5, 5.41) is 2.62. The highest BCUT2D eigenvalue weighted by molar-refractivity contribution is 5.89. The molecule has 0 saturated carbocycles. The second kappa shape index (κ2) is 12.1. The van der Waals surface area contributed by atoms with E-state index >= 15 is 0 Å². The van der Waals surface area contributed by atoms with E-state index in [-0.39, 0.29) is 30.7 Å². The van der Waals surface area contributed by atoms with Crippen molar-refractivity contribution in [3.8, 4) is 0 Å². The van der Waals surface area contributed by atoms with Crippen LogP contribution in [0.5, 0.6) is 0 Å². The molecule has 0 aliphatic carbocycles. The number of pyridine rings is 1. The smallest absolute Gasteiger partial charge is 0.225 e. The van der Waals surface area contributed by atoms with Crippen molar-refractivity contribution in [1.29, 1.82) is 0 Å². The van der Waals surface area contributed by atoms with Gasteiger partial charge in [-0.15, -0.1) is 24.8 Å². The molecule has 0 bridgehead atoms. The third-order valence-electron chi connectivity index (χ3n) is 2.35. The Kier molecular flexibility index (Phi) is 13.0. The van der Waals surface area contributed by atoms with Crippen molar-refractivity contribution in [1.82, 2.24) is 4.98 Å². The maximum Gasteiger partial charge on any atom is 0.225 e. The molecule has 0 unspecified atom stereocenters. The average molecular weight is 312 g/mol. The zero-order valence-corrected chi connectivity index (χ0v) is 12.2. The minimum atomic E-state index is -0.412. The van der Waals surface area contributed by atoms with Crippen LogP contribution in [0.4, 0.5) is 10.2 Å². The van der Waals surface area contributed by atoms with Gasteiger partial charge in [-0.05, 0) is 31.5 Å². The van der Waals surface area contributed by atoms with E-state index in [9.17, 15) is 9.18 Å². The monoisotopic (exact) mass is 311 g/mol. The van der Waals surface area contributed by atoms with Gasteiger partial charge in [0.15, 0.2) is 0 Å². The van der Waals surface area contributed by atoms with Gasteiger partial charge in [0, 0.05) is 6.42 Å². The van der Waals surface area contributed by atoms with Crippen molar-refractivity contribution in [3.05, 3.63) is 24.1 Å². The third-order valence-corrected chi connectivity index (χ3v) is 2.35. The number of hydrogen-bond donors (Lipinski definition) is 2. The van der Waals surface area contributed by atoms with Gasteiger partial charge in [0.2, 0.25) is 5.91 Å². The molecule has 1 heterocycles. The molecule has 0 radical (unpaired) electrons. The van der Waals surface area contributed by atoms with Crippen molar-refractivity contribution in [3.63, 3.8) is 0 Å². The molecule has 0 aliphatic rings. The Hall–Kier alpha value is -0.910. The molecule has 1 rings (SSSR count). The van der Waals surface area contributed by atoms with Crippen LogP contribution >= 0.6 is 24.8 Å². The van der Waals surface area contributed by atoms with Gasteiger partial charge in [-0.1, -0.05) is 12.8 Å². The molecule has 1 aromatic heterocycles. The molecule has 4 nitrogen and oxygen atoms in total. The minimum absolute atomic E-state index is 0. The molecule has 0 spiro atoms. The van der Waals surface area contributed by atoms with Crippen molar-refractivity contribution in [2.45, 2.75) is 32.1 Å².